The van der Waals surface area contributed by atoms with Crippen LogP contribution in [0.1, 0.15) is 29.9 Å². The minimum absolute atomic E-state index is 0.0699. The number of carbonyl (C=O) groups is 1. The molecular weight excluding hydrogens is 391 g/mol. The van der Waals surface area contributed by atoms with E-state index in [2.05, 4.69) is 10.3 Å². The average Bonchev–Trinajstić information content (AvgIpc) is 2.93. The summed E-state index contributed by atoms with van der Waals surface area (Å²) in [5.41, 5.74) is 2.25. The number of alkyl halides is 3. The zero-order valence-corrected chi connectivity index (χ0v) is 15.9. The normalized spacial score (nSPS) is 19.6. The fourth-order valence-corrected chi connectivity index (χ4v) is 4.32. The Morgan fingerprint density at radius 1 is 1.00 bits per heavy atom. The van der Waals surface area contributed by atoms with Crippen molar-refractivity contribution in [3.8, 4) is 11.1 Å². The monoisotopic (exact) mass is 409 g/mol. The Balaban J connectivity index is 1.51. The maximum atomic E-state index is 13.1. The quantitative estimate of drug-likeness (QED) is 0.559. The van der Waals surface area contributed by atoms with Crippen molar-refractivity contribution in [2.24, 2.45) is 0 Å². The van der Waals surface area contributed by atoms with Crippen LogP contribution in [0.2, 0.25) is 0 Å². The van der Waals surface area contributed by atoms with E-state index in [1.807, 2.05) is 18.2 Å². The second-order valence-corrected chi connectivity index (χ2v) is 7.62. The van der Waals surface area contributed by atoms with Crippen LogP contribution in [0.3, 0.4) is 0 Å². The molecule has 0 saturated heterocycles. The Labute approximate surface area is 171 Å². The molecule has 0 spiro atoms. The lowest BCUT2D eigenvalue weighted by Gasteiger charge is -2.36. The number of carbonyl (C=O) groups excluding carboxylic acids is 1. The van der Waals surface area contributed by atoms with Crippen LogP contribution in [0, 0.1) is 0 Å². The third-order valence-corrected chi connectivity index (χ3v) is 5.90. The predicted octanol–water partition coefficient (Wildman–Crippen LogP) is 6.07. The lowest BCUT2D eigenvalue weighted by molar-refractivity contribution is -0.137. The number of aromatic nitrogens is 1. The number of nitrogens with zero attached hydrogens (tertiary/aromatic N) is 2. The molecule has 1 N–H and O–H groups in total. The number of fused-ring (bicyclic) bond motifs is 3. The van der Waals surface area contributed by atoms with E-state index in [1.54, 1.807) is 35.4 Å². The van der Waals surface area contributed by atoms with Gasteiger partial charge in [-0.25, -0.2) is 9.78 Å². The molecule has 4 nitrogen and oxygen atoms in total. The summed E-state index contributed by atoms with van der Waals surface area (Å²) >= 11 is 0. The first kappa shape index (κ1) is 18.7. The number of hydrogen-bond acceptors (Lipinski definition) is 2. The Morgan fingerprint density at radius 3 is 2.53 bits per heavy atom. The van der Waals surface area contributed by atoms with Crippen molar-refractivity contribution in [2.75, 3.05) is 10.2 Å². The molecule has 2 aromatic carbocycles. The lowest BCUT2D eigenvalue weighted by Crippen LogP contribution is -2.46. The molecule has 152 valence electrons. The van der Waals surface area contributed by atoms with Gasteiger partial charge in [0.15, 0.2) is 0 Å². The number of benzene rings is 2. The van der Waals surface area contributed by atoms with Gasteiger partial charge in [-0.2, -0.15) is 13.2 Å². The number of anilines is 2. The smallest absolute Gasteiger partial charge is 0.292 e. The molecule has 5 rings (SSSR count). The summed E-state index contributed by atoms with van der Waals surface area (Å²) in [5, 5.41) is 2.82. The minimum Gasteiger partial charge on any atom is -0.292 e. The number of amides is 2. The topological polar surface area (TPSA) is 45.2 Å². The van der Waals surface area contributed by atoms with E-state index in [9.17, 15) is 18.0 Å². The van der Waals surface area contributed by atoms with Crippen molar-refractivity contribution < 1.29 is 18.0 Å². The Kier molecular flexibility index (Phi) is 4.27. The number of rotatable bonds is 2. The lowest BCUT2D eigenvalue weighted by atomic mass is 9.77. The summed E-state index contributed by atoms with van der Waals surface area (Å²) in [6.45, 7) is 0. The molecule has 2 atom stereocenters. The van der Waals surface area contributed by atoms with E-state index in [1.165, 1.54) is 6.07 Å². The third kappa shape index (κ3) is 3.10. The number of nitrogens with one attached hydrogen (secondary N) is 1. The van der Waals surface area contributed by atoms with Gasteiger partial charge < -0.3 is 0 Å². The summed E-state index contributed by atoms with van der Waals surface area (Å²) in [6.07, 6.45) is -0.909. The molecule has 3 aromatic rings. The first-order valence-electron chi connectivity index (χ1n) is 9.74. The highest BCUT2D eigenvalue weighted by Crippen LogP contribution is 2.52. The van der Waals surface area contributed by atoms with Crippen LogP contribution in [-0.2, 0) is 6.18 Å². The van der Waals surface area contributed by atoms with Crippen molar-refractivity contribution >= 4 is 17.5 Å². The van der Waals surface area contributed by atoms with Gasteiger partial charge in [-0.3, -0.25) is 10.2 Å². The molecule has 0 bridgehead atoms. The summed E-state index contributed by atoms with van der Waals surface area (Å²) in [7, 11) is 0. The van der Waals surface area contributed by atoms with Crippen LogP contribution in [0.15, 0.2) is 66.9 Å². The van der Waals surface area contributed by atoms with E-state index >= 15 is 0 Å². The number of hydrogen-bond donors (Lipinski definition) is 1. The van der Waals surface area contributed by atoms with E-state index < -0.39 is 11.7 Å². The molecule has 1 aliphatic carbocycles. The molecule has 1 fully saturated rings. The van der Waals surface area contributed by atoms with Crippen molar-refractivity contribution in [3.05, 3.63) is 78.0 Å². The Morgan fingerprint density at radius 2 is 1.83 bits per heavy atom. The van der Waals surface area contributed by atoms with Crippen LogP contribution in [-0.4, -0.2) is 17.1 Å². The molecule has 2 unspecified atom stereocenters. The second kappa shape index (κ2) is 6.86. The van der Waals surface area contributed by atoms with Crippen molar-refractivity contribution in [1.29, 1.82) is 0 Å². The van der Waals surface area contributed by atoms with Crippen molar-refractivity contribution in [1.82, 2.24) is 4.98 Å². The van der Waals surface area contributed by atoms with Crippen LogP contribution in [0.25, 0.3) is 11.1 Å². The molecule has 1 saturated carbocycles. The third-order valence-electron chi connectivity index (χ3n) is 5.90. The zero-order valence-electron chi connectivity index (χ0n) is 15.9. The number of pyridine rings is 1. The van der Waals surface area contributed by atoms with Crippen LogP contribution < -0.4 is 10.2 Å². The predicted molar refractivity (Wildman–Crippen MR) is 108 cm³/mol. The van der Waals surface area contributed by atoms with E-state index in [0.29, 0.717) is 16.9 Å². The highest BCUT2D eigenvalue weighted by atomic mass is 19.4. The fourth-order valence-electron chi connectivity index (χ4n) is 4.32. The highest BCUT2D eigenvalue weighted by molar-refractivity contribution is 6.04. The second-order valence-electron chi connectivity index (χ2n) is 7.62. The summed E-state index contributed by atoms with van der Waals surface area (Å²) < 4.78 is 39.4. The first-order valence-corrected chi connectivity index (χ1v) is 9.74. The van der Waals surface area contributed by atoms with Gasteiger partial charge in [0.25, 0.3) is 0 Å². The van der Waals surface area contributed by atoms with Gasteiger partial charge in [-0.05, 0) is 59.9 Å². The maximum absolute atomic E-state index is 13.1. The van der Waals surface area contributed by atoms with Crippen LogP contribution >= 0.6 is 0 Å². The molecule has 2 heterocycles. The standard InChI is InChI=1S/C23H18F3N3O/c24-23(25,26)16-5-3-4-14(12-16)15-7-8-18-17-9-10-19(17)29(20(18)13-15)22(30)28-21-6-1-2-11-27-21/h1-8,11-13,17,19H,9-10H2,(H,27,28,30). The van der Waals surface area contributed by atoms with Crippen molar-refractivity contribution in [2.45, 2.75) is 31.0 Å². The molecular formula is C23H18F3N3O. The first-order chi connectivity index (χ1) is 14.4. The van der Waals surface area contributed by atoms with Gasteiger partial charge in [0, 0.05) is 23.8 Å². The van der Waals surface area contributed by atoms with Crippen LogP contribution in [0.5, 0.6) is 0 Å². The maximum Gasteiger partial charge on any atom is 0.416 e. The molecule has 0 radical (unpaired) electrons. The summed E-state index contributed by atoms with van der Waals surface area (Å²) in [4.78, 5) is 18.9. The largest absolute Gasteiger partial charge is 0.416 e. The van der Waals surface area contributed by atoms with Gasteiger partial charge in [0.1, 0.15) is 5.82 Å². The molecule has 7 heteroatoms. The fraction of sp³-hybridized carbons (Fsp3) is 0.217. The van der Waals surface area contributed by atoms with Gasteiger partial charge in [-0.1, -0.05) is 30.3 Å². The van der Waals surface area contributed by atoms with E-state index in [0.717, 1.165) is 36.2 Å². The molecule has 1 aliphatic heterocycles. The summed E-state index contributed by atoms with van der Waals surface area (Å²) in [5.74, 6) is 0.728. The average molecular weight is 409 g/mol. The Bertz CT molecular complexity index is 1110. The van der Waals surface area contributed by atoms with Crippen LogP contribution in [0.4, 0.5) is 29.5 Å². The van der Waals surface area contributed by atoms with Gasteiger partial charge >= 0.3 is 12.2 Å². The zero-order chi connectivity index (χ0) is 20.9. The molecule has 30 heavy (non-hydrogen) atoms. The molecule has 1 aromatic heterocycles. The van der Waals surface area contributed by atoms with Gasteiger partial charge in [-0.15, -0.1) is 0 Å². The number of urea groups is 1. The minimum atomic E-state index is -4.40. The highest BCUT2D eigenvalue weighted by Gasteiger charge is 2.47. The van der Waals surface area contributed by atoms with Crippen molar-refractivity contribution in [3.63, 3.8) is 0 Å². The molecule has 2 aliphatic rings. The molecule has 2 amide bonds. The van der Waals surface area contributed by atoms with E-state index in [4.69, 9.17) is 0 Å². The SMILES string of the molecule is O=C(Nc1ccccn1)N1c2cc(-c3cccc(C(F)(F)F)c3)ccc2C2CCC21. The number of halogens is 3. The van der Waals surface area contributed by atoms with Gasteiger partial charge in [0.05, 0.1) is 5.56 Å². The van der Waals surface area contributed by atoms with Gasteiger partial charge in [0.2, 0.25) is 0 Å². The Hall–Kier alpha value is -3.35. The summed E-state index contributed by atoms with van der Waals surface area (Å²) in [6, 6.07) is 15.9. The van der Waals surface area contributed by atoms with E-state index in [-0.39, 0.29) is 18.0 Å².